The lowest BCUT2D eigenvalue weighted by Crippen LogP contribution is -1.91. The van der Waals surface area contributed by atoms with Crippen molar-refractivity contribution in [2.75, 3.05) is 0 Å². The summed E-state index contributed by atoms with van der Waals surface area (Å²) in [6.45, 7) is 2.11. The summed E-state index contributed by atoms with van der Waals surface area (Å²) in [6.07, 6.45) is 4.67. The van der Waals surface area contributed by atoms with Gasteiger partial charge in [0.2, 0.25) is 0 Å². The summed E-state index contributed by atoms with van der Waals surface area (Å²) in [5, 5.41) is 0. The fraction of sp³-hybridized carbons (Fsp3) is 0.154. The SMILES string of the molecule is Cc1c[c]ccc1Cc1cccnc1. The third-order valence-corrected chi connectivity index (χ3v) is 2.30. The molecule has 0 amide bonds. The van der Waals surface area contributed by atoms with Crippen LogP contribution in [-0.4, -0.2) is 4.98 Å². The molecule has 14 heavy (non-hydrogen) atoms. The van der Waals surface area contributed by atoms with Crippen LogP contribution in [0.3, 0.4) is 0 Å². The minimum atomic E-state index is 0.953. The number of nitrogens with zero attached hydrogens (tertiary/aromatic N) is 1. The van der Waals surface area contributed by atoms with Gasteiger partial charge >= 0.3 is 0 Å². The van der Waals surface area contributed by atoms with E-state index in [9.17, 15) is 0 Å². The number of aryl methyl sites for hydroxylation is 1. The third-order valence-electron chi connectivity index (χ3n) is 2.30. The molecule has 69 valence electrons. The first kappa shape index (κ1) is 8.95. The van der Waals surface area contributed by atoms with Gasteiger partial charge in [-0.3, -0.25) is 4.98 Å². The van der Waals surface area contributed by atoms with Crippen molar-refractivity contribution in [1.82, 2.24) is 4.98 Å². The van der Waals surface area contributed by atoms with Crippen molar-refractivity contribution in [2.24, 2.45) is 0 Å². The Labute approximate surface area is 84.4 Å². The van der Waals surface area contributed by atoms with E-state index in [0.29, 0.717) is 0 Å². The first-order chi connectivity index (χ1) is 6.86. The maximum absolute atomic E-state index is 4.10. The van der Waals surface area contributed by atoms with E-state index in [1.54, 1.807) is 6.20 Å². The van der Waals surface area contributed by atoms with Gasteiger partial charge in [-0.15, -0.1) is 0 Å². The maximum Gasteiger partial charge on any atom is 0.0303 e. The van der Waals surface area contributed by atoms with E-state index in [2.05, 4.69) is 30.1 Å². The highest BCUT2D eigenvalue weighted by Gasteiger charge is 1.98. The van der Waals surface area contributed by atoms with Crippen LogP contribution >= 0.6 is 0 Å². The molecule has 0 aliphatic carbocycles. The van der Waals surface area contributed by atoms with Crippen molar-refractivity contribution >= 4 is 0 Å². The van der Waals surface area contributed by atoms with Gasteiger partial charge in [-0.25, -0.2) is 0 Å². The van der Waals surface area contributed by atoms with Crippen LogP contribution in [0.5, 0.6) is 0 Å². The van der Waals surface area contributed by atoms with Crippen LogP contribution < -0.4 is 0 Å². The predicted molar refractivity (Wildman–Crippen MR) is 57.1 cm³/mol. The number of hydrogen-bond acceptors (Lipinski definition) is 1. The Hall–Kier alpha value is -1.63. The maximum atomic E-state index is 4.10. The summed E-state index contributed by atoms with van der Waals surface area (Å²) in [5.74, 6) is 0. The van der Waals surface area contributed by atoms with Crippen LogP contribution in [0.15, 0.2) is 42.7 Å². The number of pyridine rings is 1. The van der Waals surface area contributed by atoms with Gasteiger partial charge in [0.25, 0.3) is 0 Å². The molecule has 2 aromatic rings. The van der Waals surface area contributed by atoms with Crippen molar-refractivity contribution in [1.29, 1.82) is 0 Å². The molecule has 1 nitrogen and oxygen atoms in total. The molecule has 0 fully saturated rings. The van der Waals surface area contributed by atoms with Crippen LogP contribution in [0, 0.1) is 13.0 Å². The van der Waals surface area contributed by atoms with E-state index in [1.165, 1.54) is 16.7 Å². The van der Waals surface area contributed by atoms with Crippen LogP contribution in [0.4, 0.5) is 0 Å². The van der Waals surface area contributed by atoms with E-state index in [-0.39, 0.29) is 0 Å². The fourth-order valence-corrected chi connectivity index (χ4v) is 1.47. The van der Waals surface area contributed by atoms with Gasteiger partial charge in [-0.2, -0.15) is 0 Å². The van der Waals surface area contributed by atoms with Gasteiger partial charge in [-0.1, -0.05) is 24.3 Å². The van der Waals surface area contributed by atoms with Gasteiger partial charge < -0.3 is 0 Å². The molecular weight excluding hydrogens is 170 g/mol. The Kier molecular flexibility index (Phi) is 2.59. The summed E-state index contributed by atoms with van der Waals surface area (Å²) in [4.78, 5) is 4.10. The van der Waals surface area contributed by atoms with Gasteiger partial charge in [0.1, 0.15) is 0 Å². The molecule has 0 saturated heterocycles. The molecule has 1 radical (unpaired) electrons. The Morgan fingerprint density at radius 3 is 3.00 bits per heavy atom. The van der Waals surface area contributed by atoms with Crippen LogP contribution in [0.25, 0.3) is 0 Å². The summed E-state index contributed by atoms with van der Waals surface area (Å²) in [6, 6.07) is 13.2. The first-order valence-electron chi connectivity index (χ1n) is 4.71. The molecule has 0 bridgehead atoms. The number of rotatable bonds is 2. The standard InChI is InChI=1S/C13H12N/c1-11-5-2-3-7-13(11)9-12-6-4-8-14-10-12/h3-8,10H,9H2,1H3. The van der Waals surface area contributed by atoms with E-state index < -0.39 is 0 Å². The normalized spacial score (nSPS) is 10.1. The highest BCUT2D eigenvalue weighted by molar-refractivity contribution is 5.30. The van der Waals surface area contributed by atoms with Crippen molar-refractivity contribution in [3.63, 3.8) is 0 Å². The van der Waals surface area contributed by atoms with Crippen molar-refractivity contribution in [3.05, 3.63) is 65.5 Å². The largest absolute Gasteiger partial charge is 0.264 e. The molecule has 0 atom stereocenters. The monoisotopic (exact) mass is 182 g/mol. The van der Waals surface area contributed by atoms with Gasteiger partial charge in [0.15, 0.2) is 0 Å². The average Bonchev–Trinajstić information content (AvgIpc) is 2.23. The molecule has 0 saturated carbocycles. The molecule has 1 heterocycles. The number of hydrogen-bond donors (Lipinski definition) is 0. The summed E-state index contributed by atoms with van der Waals surface area (Å²) < 4.78 is 0. The Bertz CT molecular complexity index is 407. The van der Waals surface area contributed by atoms with Crippen molar-refractivity contribution in [3.8, 4) is 0 Å². The molecule has 0 spiro atoms. The Morgan fingerprint density at radius 2 is 2.29 bits per heavy atom. The minimum Gasteiger partial charge on any atom is -0.264 e. The number of aromatic nitrogens is 1. The molecule has 1 aromatic carbocycles. The first-order valence-corrected chi connectivity index (χ1v) is 4.71. The summed E-state index contributed by atoms with van der Waals surface area (Å²) in [7, 11) is 0. The second-order valence-corrected chi connectivity index (χ2v) is 3.39. The zero-order valence-corrected chi connectivity index (χ0v) is 8.20. The fourth-order valence-electron chi connectivity index (χ4n) is 1.47. The molecule has 0 aliphatic heterocycles. The molecule has 2 rings (SSSR count). The lowest BCUT2D eigenvalue weighted by molar-refractivity contribution is 1.12. The highest BCUT2D eigenvalue weighted by atomic mass is 14.6. The molecule has 1 aromatic heterocycles. The lowest BCUT2D eigenvalue weighted by Gasteiger charge is -2.04. The molecular formula is C13H12N. The summed E-state index contributed by atoms with van der Waals surface area (Å²) in [5.41, 5.74) is 3.88. The lowest BCUT2D eigenvalue weighted by atomic mass is 10.0. The van der Waals surface area contributed by atoms with Gasteiger partial charge in [0, 0.05) is 12.4 Å². The highest BCUT2D eigenvalue weighted by Crippen LogP contribution is 2.11. The van der Waals surface area contributed by atoms with Crippen LogP contribution in [0.2, 0.25) is 0 Å². The van der Waals surface area contributed by atoms with Crippen molar-refractivity contribution in [2.45, 2.75) is 13.3 Å². The second-order valence-electron chi connectivity index (χ2n) is 3.39. The summed E-state index contributed by atoms with van der Waals surface area (Å²) >= 11 is 0. The predicted octanol–water partition coefficient (Wildman–Crippen LogP) is 2.78. The third kappa shape index (κ3) is 1.99. The van der Waals surface area contributed by atoms with Gasteiger partial charge in [-0.05, 0) is 42.2 Å². The Morgan fingerprint density at radius 1 is 1.36 bits per heavy atom. The van der Waals surface area contributed by atoms with E-state index in [1.807, 2.05) is 24.4 Å². The Balaban J connectivity index is 2.24. The van der Waals surface area contributed by atoms with E-state index >= 15 is 0 Å². The van der Waals surface area contributed by atoms with E-state index in [0.717, 1.165) is 6.42 Å². The minimum absolute atomic E-state index is 0.953. The number of benzene rings is 1. The van der Waals surface area contributed by atoms with Crippen molar-refractivity contribution < 1.29 is 0 Å². The topological polar surface area (TPSA) is 12.9 Å². The van der Waals surface area contributed by atoms with Crippen LogP contribution in [-0.2, 0) is 6.42 Å². The molecule has 0 N–H and O–H groups in total. The molecule has 0 aliphatic rings. The average molecular weight is 182 g/mol. The zero-order chi connectivity index (χ0) is 9.80. The quantitative estimate of drug-likeness (QED) is 0.696. The smallest absolute Gasteiger partial charge is 0.0303 e. The zero-order valence-electron chi connectivity index (χ0n) is 8.20. The second kappa shape index (κ2) is 4.05. The molecule has 1 heteroatoms. The van der Waals surface area contributed by atoms with E-state index in [4.69, 9.17) is 0 Å². The van der Waals surface area contributed by atoms with Crippen LogP contribution in [0.1, 0.15) is 16.7 Å². The molecule has 0 unspecified atom stereocenters. The van der Waals surface area contributed by atoms with Gasteiger partial charge in [0.05, 0.1) is 0 Å².